The molecular formula is C32H30BO3. The van der Waals surface area contributed by atoms with E-state index in [-0.39, 0.29) is 12.0 Å². The van der Waals surface area contributed by atoms with E-state index in [1.54, 1.807) is 21.3 Å². The Bertz CT molecular complexity index is 1400. The Morgan fingerprint density at radius 1 is 0.750 bits per heavy atom. The van der Waals surface area contributed by atoms with Gasteiger partial charge in [-0.2, -0.15) is 0 Å². The van der Waals surface area contributed by atoms with Crippen LogP contribution in [0.3, 0.4) is 0 Å². The van der Waals surface area contributed by atoms with Crippen molar-refractivity contribution in [3.63, 3.8) is 0 Å². The van der Waals surface area contributed by atoms with Gasteiger partial charge in [0.25, 0.3) is 0 Å². The van der Waals surface area contributed by atoms with Gasteiger partial charge in [-0.3, -0.25) is 0 Å². The normalized spacial score (nSPS) is 15.5. The van der Waals surface area contributed by atoms with Crippen molar-refractivity contribution in [2.24, 2.45) is 5.92 Å². The predicted octanol–water partition coefficient (Wildman–Crippen LogP) is 6.21. The van der Waals surface area contributed by atoms with Crippen LogP contribution in [0.4, 0.5) is 0 Å². The lowest BCUT2D eigenvalue weighted by molar-refractivity contribution is -0.0534. The number of rotatable bonds is 5. The smallest absolute Gasteiger partial charge is 0.330 e. The van der Waals surface area contributed by atoms with E-state index in [1.807, 2.05) is 6.07 Å². The molecule has 1 unspecified atom stereocenters. The Kier molecular flexibility index (Phi) is 5.36. The predicted molar refractivity (Wildman–Crippen MR) is 145 cm³/mol. The molecule has 1 aliphatic heterocycles. The molecule has 2 aliphatic rings. The van der Waals surface area contributed by atoms with Gasteiger partial charge >= 0.3 is 7.48 Å². The summed E-state index contributed by atoms with van der Waals surface area (Å²) >= 11 is 0. The van der Waals surface area contributed by atoms with Gasteiger partial charge in [-0.25, -0.2) is 0 Å². The standard InChI is InChI=1S/C32H30BO3/c1-20(2)30(31(3,4)34)36-33-21-17-18-27-29(19-21)35-28-16-10-9-15-26(28)32(27)24-13-7-5-11-22(24)23-12-6-8-14-25(23)32/h5-20,30,34H,1-4H3. The van der Waals surface area contributed by atoms with Crippen LogP contribution in [0.1, 0.15) is 49.9 Å². The zero-order valence-corrected chi connectivity index (χ0v) is 21.2. The summed E-state index contributed by atoms with van der Waals surface area (Å²) in [6.45, 7) is 7.69. The van der Waals surface area contributed by atoms with Gasteiger partial charge in [-0.1, -0.05) is 92.7 Å². The molecule has 36 heavy (non-hydrogen) atoms. The summed E-state index contributed by atoms with van der Waals surface area (Å²) in [7, 11) is 1.75. The highest BCUT2D eigenvalue weighted by Crippen LogP contribution is 2.61. The van der Waals surface area contributed by atoms with Crippen molar-refractivity contribution in [3.8, 4) is 22.6 Å². The maximum absolute atomic E-state index is 10.6. The number of ether oxygens (including phenoxy) is 1. The zero-order chi connectivity index (χ0) is 25.1. The molecule has 0 saturated heterocycles. The molecule has 0 bridgehead atoms. The number of fused-ring (bicyclic) bond motifs is 9. The molecule has 4 aromatic carbocycles. The number of benzene rings is 4. The van der Waals surface area contributed by atoms with Gasteiger partial charge in [0.15, 0.2) is 0 Å². The van der Waals surface area contributed by atoms with E-state index in [2.05, 4.69) is 98.8 Å². The third-order valence-electron chi connectivity index (χ3n) is 7.53. The SMILES string of the molecule is CC(C)C(O[B]c1ccc2c(c1)Oc1ccccc1C21c2ccccc2-c2ccccc21)C(C)(C)O. The van der Waals surface area contributed by atoms with Gasteiger partial charge in [-0.05, 0) is 59.6 Å². The molecule has 1 spiro atoms. The molecule has 179 valence electrons. The van der Waals surface area contributed by atoms with Crippen molar-refractivity contribution in [2.45, 2.75) is 44.8 Å². The van der Waals surface area contributed by atoms with Crippen molar-refractivity contribution in [1.29, 1.82) is 0 Å². The van der Waals surface area contributed by atoms with Gasteiger partial charge in [0.2, 0.25) is 0 Å². The summed E-state index contributed by atoms with van der Waals surface area (Å²) < 4.78 is 12.6. The third kappa shape index (κ3) is 3.36. The minimum atomic E-state index is -0.949. The zero-order valence-electron chi connectivity index (χ0n) is 21.2. The number of hydrogen-bond acceptors (Lipinski definition) is 3. The Morgan fingerprint density at radius 2 is 1.31 bits per heavy atom. The first-order valence-corrected chi connectivity index (χ1v) is 12.6. The molecule has 0 amide bonds. The second-order valence-electron chi connectivity index (χ2n) is 10.8. The van der Waals surface area contributed by atoms with Crippen LogP contribution in [0.15, 0.2) is 91.0 Å². The van der Waals surface area contributed by atoms with E-state index in [9.17, 15) is 5.11 Å². The lowest BCUT2D eigenvalue weighted by Gasteiger charge is -2.39. The lowest BCUT2D eigenvalue weighted by atomic mass is 9.65. The van der Waals surface area contributed by atoms with E-state index in [0.717, 1.165) is 28.1 Å². The highest BCUT2D eigenvalue weighted by molar-refractivity contribution is 6.47. The molecule has 4 heteroatoms. The average Bonchev–Trinajstić information content (AvgIpc) is 3.14. The van der Waals surface area contributed by atoms with Crippen molar-refractivity contribution in [2.75, 3.05) is 0 Å². The summed E-state index contributed by atoms with van der Waals surface area (Å²) in [4.78, 5) is 0. The molecule has 1 radical (unpaired) electrons. The lowest BCUT2D eigenvalue weighted by Crippen LogP contribution is -2.44. The van der Waals surface area contributed by atoms with E-state index < -0.39 is 11.0 Å². The van der Waals surface area contributed by atoms with Crippen molar-refractivity contribution in [3.05, 3.63) is 113 Å². The van der Waals surface area contributed by atoms with Gasteiger partial charge in [0.05, 0.1) is 17.1 Å². The Morgan fingerprint density at radius 3 is 1.92 bits per heavy atom. The fourth-order valence-corrected chi connectivity index (χ4v) is 6.24. The van der Waals surface area contributed by atoms with E-state index in [1.165, 1.54) is 22.3 Å². The monoisotopic (exact) mass is 473 g/mol. The minimum Gasteiger partial charge on any atom is -0.457 e. The van der Waals surface area contributed by atoms with Crippen molar-refractivity contribution < 1.29 is 14.5 Å². The Balaban J connectivity index is 1.51. The van der Waals surface area contributed by atoms with Gasteiger partial charge < -0.3 is 14.5 Å². The van der Waals surface area contributed by atoms with Gasteiger partial charge in [-0.15, -0.1) is 0 Å². The maximum Gasteiger partial charge on any atom is 0.330 e. The summed E-state index contributed by atoms with van der Waals surface area (Å²) in [6.07, 6.45) is -0.324. The molecule has 0 aromatic heterocycles. The van der Waals surface area contributed by atoms with Gasteiger partial charge in [0, 0.05) is 11.1 Å². The van der Waals surface area contributed by atoms with Crippen LogP contribution in [0.5, 0.6) is 11.5 Å². The highest BCUT2D eigenvalue weighted by Gasteiger charge is 2.50. The Labute approximate surface area is 214 Å². The quantitative estimate of drug-likeness (QED) is 0.303. The summed E-state index contributed by atoms with van der Waals surface area (Å²) in [5.41, 5.74) is 6.86. The number of aliphatic hydroxyl groups is 1. The first-order chi connectivity index (χ1) is 17.3. The van der Waals surface area contributed by atoms with Crippen LogP contribution in [0.2, 0.25) is 0 Å². The molecule has 0 saturated carbocycles. The van der Waals surface area contributed by atoms with Crippen LogP contribution in [-0.2, 0) is 10.1 Å². The third-order valence-corrected chi connectivity index (χ3v) is 7.53. The molecule has 1 atom stereocenters. The van der Waals surface area contributed by atoms with E-state index in [4.69, 9.17) is 9.39 Å². The van der Waals surface area contributed by atoms with Crippen LogP contribution >= 0.6 is 0 Å². The number of hydrogen-bond donors (Lipinski definition) is 1. The highest BCUT2D eigenvalue weighted by atomic mass is 16.5. The fourth-order valence-electron chi connectivity index (χ4n) is 6.24. The van der Waals surface area contributed by atoms with Crippen LogP contribution in [0, 0.1) is 5.92 Å². The fraction of sp³-hybridized carbons (Fsp3) is 0.250. The molecule has 6 rings (SSSR count). The van der Waals surface area contributed by atoms with Crippen molar-refractivity contribution >= 4 is 12.9 Å². The second-order valence-corrected chi connectivity index (χ2v) is 10.8. The largest absolute Gasteiger partial charge is 0.457 e. The second kappa shape index (κ2) is 8.36. The number of para-hydroxylation sites is 1. The molecule has 3 nitrogen and oxygen atoms in total. The first kappa shape index (κ1) is 23.1. The summed E-state index contributed by atoms with van der Waals surface area (Å²) in [5.74, 6) is 1.85. The van der Waals surface area contributed by atoms with E-state index in [0.29, 0.717) is 0 Å². The molecule has 1 aliphatic carbocycles. The average molecular weight is 473 g/mol. The van der Waals surface area contributed by atoms with Crippen molar-refractivity contribution in [1.82, 2.24) is 0 Å². The minimum absolute atomic E-state index is 0.164. The van der Waals surface area contributed by atoms with Crippen LogP contribution in [-0.4, -0.2) is 24.3 Å². The molecule has 4 aromatic rings. The first-order valence-electron chi connectivity index (χ1n) is 12.6. The molecule has 0 fully saturated rings. The van der Waals surface area contributed by atoms with Gasteiger partial charge in [0.1, 0.15) is 11.5 Å². The topological polar surface area (TPSA) is 38.7 Å². The Hall–Kier alpha value is -3.34. The molecule has 1 heterocycles. The summed E-state index contributed by atoms with van der Waals surface area (Å²) in [6, 6.07) is 32.1. The molecular weight excluding hydrogens is 443 g/mol. The van der Waals surface area contributed by atoms with E-state index >= 15 is 0 Å². The van der Waals surface area contributed by atoms with Crippen LogP contribution < -0.4 is 10.2 Å². The maximum atomic E-state index is 10.6. The molecule has 1 N–H and O–H groups in total. The van der Waals surface area contributed by atoms with Crippen LogP contribution in [0.25, 0.3) is 11.1 Å². The summed E-state index contributed by atoms with van der Waals surface area (Å²) in [5, 5.41) is 10.6.